The SMILES string of the molecule is CC(C)(C)c1nc(NN)cc(Sc2cccc(Br)c2)n1. The zero-order valence-electron chi connectivity index (χ0n) is 11.6. The summed E-state index contributed by atoms with van der Waals surface area (Å²) >= 11 is 5.06. The molecular weight excluding hydrogens is 336 g/mol. The quantitative estimate of drug-likeness (QED) is 0.497. The number of nitrogens with one attached hydrogen (secondary N) is 1. The summed E-state index contributed by atoms with van der Waals surface area (Å²) in [6.07, 6.45) is 0. The highest BCUT2D eigenvalue weighted by molar-refractivity contribution is 9.10. The highest BCUT2D eigenvalue weighted by Crippen LogP contribution is 2.31. The Bertz CT molecular complexity index is 610. The van der Waals surface area contributed by atoms with Gasteiger partial charge >= 0.3 is 0 Å². The van der Waals surface area contributed by atoms with E-state index in [-0.39, 0.29) is 5.41 Å². The molecule has 1 aromatic carbocycles. The van der Waals surface area contributed by atoms with Crippen LogP contribution in [0, 0.1) is 0 Å². The van der Waals surface area contributed by atoms with Crippen molar-refractivity contribution >= 4 is 33.5 Å². The number of benzene rings is 1. The maximum atomic E-state index is 5.49. The molecule has 0 aliphatic rings. The third-order valence-corrected chi connectivity index (χ3v) is 3.94. The fourth-order valence-corrected chi connectivity index (χ4v) is 2.97. The molecule has 106 valence electrons. The molecule has 0 bridgehead atoms. The van der Waals surface area contributed by atoms with Crippen molar-refractivity contribution in [1.29, 1.82) is 0 Å². The zero-order chi connectivity index (χ0) is 14.8. The van der Waals surface area contributed by atoms with Gasteiger partial charge < -0.3 is 5.43 Å². The number of rotatable bonds is 3. The number of aromatic nitrogens is 2. The molecule has 0 amide bonds. The smallest absolute Gasteiger partial charge is 0.144 e. The summed E-state index contributed by atoms with van der Waals surface area (Å²) in [6.45, 7) is 6.24. The van der Waals surface area contributed by atoms with Crippen LogP contribution in [-0.2, 0) is 5.41 Å². The number of hydrazine groups is 1. The molecule has 20 heavy (non-hydrogen) atoms. The number of hydrogen-bond acceptors (Lipinski definition) is 5. The van der Waals surface area contributed by atoms with Crippen molar-refractivity contribution in [2.45, 2.75) is 36.1 Å². The van der Waals surface area contributed by atoms with E-state index in [0.29, 0.717) is 5.82 Å². The van der Waals surface area contributed by atoms with Gasteiger partial charge in [-0.25, -0.2) is 15.8 Å². The van der Waals surface area contributed by atoms with E-state index >= 15 is 0 Å². The number of nitrogens with zero attached hydrogens (tertiary/aromatic N) is 2. The van der Waals surface area contributed by atoms with Gasteiger partial charge in [-0.3, -0.25) is 0 Å². The van der Waals surface area contributed by atoms with E-state index in [2.05, 4.69) is 58.2 Å². The molecule has 0 aliphatic heterocycles. The van der Waals surface area contributed by atoms with Crippen molar-refractivity contribution < 1.29 is 0 Å². The van der Waals surface area contributed by atoms with E-state index in [1.807, 2.05) is 24.3 Å². The largest absolute Gasteiger partial charge is 0.308 e. The third-order valence-electron chi connectivity index (χ3n) is 2.54. The van der Waals surface area contributed by atoms with Crippen LogP contribution in [0.2, 0.25) is 0 Å². The molecule has 1 aromatic heterocycles. The molecule has 0 unspecified atom stereocenters. The van der Waals surface area contributed by atoms with Gasteiger partial charge in [0.1, 0.15) is 16.7 Å². The van der Waals surface area contributed by atoms with E-state index in [9.17, 15) is 0 Å². The van der Waals surface area contributed by atoms with E-state index in [1.165, 1.54) is 0 Å². The standard InChI is InChI=1S/C14H17BrN4S/c1-14(2,3)13-17-11(19-16)8-12(18-13)20-10-6-4-5-9(15)7-10/h4-8H,16H2,1-3H3,(H,17,18,19). The Kier molecular flexibility index (Phi) is 4.67. The van der Waals surface area contributed by atoms with Crippen molar-refractivity contribution in [3.63, 3.8) is 0 Å². The number of anilines is 1. The topological polar surface area (TPSA) is 63.8 Å². The second-order valence-electron chi connectivity index (χ2n) is 5.37. The van der Waals surface area contributed by atoms with Gasteiger partial charge in [0.2, 0.25) is 0 Å². The van der Waals surface area contributed by atoms with E-state index < -0.39 is 0 Å². The van der Waals surface area contributed by atoms with Gasteiger partial charge in [0.25, 0.3) is 0 Å². The molecule has 0 radical (unpaired) electrons. The van der Waals surface area contributed by atoms with Crippen molar-refractivity contribution in [3.8, 4) is 0 Å². The van der Waals surface area contributed by atoms with E-state index in [0.717, 1.165) is 20.2 Å². The van der Waals surface area contributed by atoms with Crippen molar-refractivity contribution in [3.05, 3.63) is 40.6 Å². The first kappa shape index (κ1) is 15.3. The fraction of sp³-hybridized carbons (Fsp3) is 0.286. The maximum absolute atomic E-state index is 5.49. The second kappa shape index (κ2) is 6.11. The molecule has 0 saturated heterocycles. The molecule has 4 nitrogen and oxygen atoms in total. The van der Waals surface area contributed by atoms with Gasteiger partial charge in [0.15, 0.2) is 0 Å². The van der Waals surface area contributed by atoms with Crippen molar-refractivity contribution in [2.24, 2.45) is 5.84 Å². The van der Waals surface area contributed by atoms with Crippen LogP contribution in [0.1, 0.15) is 26.6 Å². The summed E-state index contributed by atoms with van der Waals surface area (Å²) in [5, 5.41) is 0.871. The predicted molar refractivity (Wildman–Crippen MR) is 86.8 cm³/mol. The highest BCUT2D eigenvalue weighted by Gasteiger charge is 2.19. The molecule has 2 aromatic rings. The number of nitrogen functional groups attached to an aromatic ring is 1. The van der Waals surface area contributed by atoms with E-state index in [4.69, 9.17) is 5.84 Å². The summed E-state index contributed by atoms with van der Waals surface area (Å²) in [4.78, 5) is 10.1. The summed E-state index contributed by atoms with van der Waals surface area (Å²) in [5.41, 5.74) is 2.48. The van der Waals surface area contributed by atoms with Crippen LogP contribution in [0.3, 0.4) is 0 Å². The summed E-state index contributed by atoms with van der Waals surface area (Å²) < 4.78 is 1.05. The lowest BCUT2D eigenvalue weighted by Crippen LogP contribution is -2.19. The summed E-state index contributed by atoms with van der Waals surface area (Å²) in [7, 11) is 0. The average Bonchev–Trinajstić information content (AvgIpc) is 2.37. The van der Waals surface area contributed by atoms with Crippen LogP contribution in [0.5, 0.6) is 0 Å². The first-order chi connectivity index (χ1) is 9.38. The number of nitrogens with two attached hydrogens (primary N) is 1. The normalized spacial score (nSPS) is 11.4. The molecule has 0 spiro atoms. The molecule has 0 saturated carbocycles. The van der Waals surface area contributed by atoms with Gasteiger partial charge in [-0.2, -0.15) is 0 Å². The average molecular weight is 353 g/mol. The predicted octanol–water partition coefficient (Wildman–Crippen LogP) is 3.97. The Morgan fingerprint density at radius 2 is 1.95 bits per heavy atom. The molecule has 0 atom stereocenters. The van der Waals surface area contributed by atoms with Gasteiger partial charge in [0.05, 0.1) is 0 Å². The van der Waals surface area contributed by atoms with E-state index in [1.54, 1.807) is 11.8 Å². The van der Waals surface area contributed by atoms with Crippen LogP contribution >= 0.6 is 27.7 Å². The summed E-state index contributed by atoms with van der Waals surface area (Å²) in [5.74, 6) is 6.89. The maximum Gasteiger partial charge on any atom is 0.144 e. The lowest BCUT2D eigenvalue weighted by atomic mass is 9.96. The van der Waals surface area contributed by atoms with Crippen LogP contribution in [0.15, 0.2) is 44.7 Å². The molecule has 0 aliphatic carbocycles. The Morgan fingerprint density at radius 1 is 1.20 bits per heavy atom. The Morgan fingerprint density at radius 3 is 2.55 bits per heavy atom. The van der Waals surface area contributed by atoms with Crippen molar-refractivity contribution in [2.75, 3.05) is 5.43 Å². The van der Waals surface area contributed by atoms with Crippen LogP contribution in [-0.4, -0.2) is 9.97 Å². The van der Waals surface area contributed by atoms with Gasteiger partial charge in [-0.1, -0.05) is 54.5 Å². The van der Waals surface area contributed by atoms with Crippen molar-refractivity contribution in [1.82, 2.24) is 9.97 Å². The minimum Gasteiger partial charge on any atom is -0.308 e. The Labute approximate surface area is 131 Å². The molecule has 1 heterocycles. The first-order valence-corrected chi connectivity index (χ1v) is 7.79. The second-order valence-corrected chi connectivity index (χ2v) is 7.38. The minimum atomic E-state index is -0.126. The number of halogens is 1. The molecular formula is C14H17BrN4S. The van der Waals surface area contributed by atoms with Crippen LogP contribution in [0.4, 0.5) is 5.82 Å². The Hall–Kier alpha value is -1.11. The monoisotopic (exact) mass is 352 g/mol. The van der Waals surface area contributed by atoms with Gasteiger partial charge in [-0.05, 0) is 18.2 Å². The third kappa shape index (κ3) is 3.94. The fourth-order valence-electron chi connectivity index (χ4n) is 1.54. The minimum absolute atomic E-state index is 0.126. The zero-order valence-corrected chi connectivity index (χ0v) is 14.0. The number of hydrogen-bond donors (Lipinski definition) is 2. The van der Waals surface area contributed by atoms with Gasteiger partial charge in [-0.15, -0.1) is 0 Å². The first-order valence-electron chi connectivity index (χ1n) is 6.18. The lowest BCUT2D eigenvalue weighted by molar-refractivity contribution is 0.539. The molecule has 3 N–H and O–H groups in total. The summed E-state index contributed by atoms with van der Waals surface area (Å²) in [6, 6.07) is 9.95. The highest BCUT2D eigenvalue weighted by atomic mass is 79.9. The lowest BCUT2D eigenvalue weighted by Gasteiger charge is -2.18. The van der Waals surface area contributed by atoms with Crippen LogP contribution < -0.4 is 11.3 Å². The molecule has 2 rings (SSSR count). The molecule has 6 heteroatoms. The Balaban J connectivity index is 2.36. The van der Waals surface area contributed by atoms with Crippen LogP contribution in [0.25, 0.3) is 0 Å². The van der Waals surface area contributed by atoms with Gasteiger partial charge in [0, 0.05) is 20.8 Å². The molecule has 0 fully saturated rings.